The molecule has 2 N–H and O–H groups in total. The van der Waals surface area contributed by atoms with Gasteiger partial charge in [-0.25, -0.2) is 0 Å². The molecule has 0 aromatic carbocycles. The number of amides is 1. The van der Waals surface area contributed by atoms with E-state index in [0.717, 1.165) is 6.42 Å². The second-order valence-corrected chi connectivity index (χ2v) is 3.81. The number of carbonyl (C=O) groups is 1. The summed E-state index contributed by atoms with van der Waals surface area (Å²) >= 11 is 0. The molecule has 2 unspecified atom stereocenters. The Bertz CT molecular complexity index is 159. The van der Waals surface area contributed by atoms with Crippen molar-refractivity contribution in [1.29, 1.82) is 0 Å². The zero-order chi connectivity index (χ0) is 10.4. The summed E-state index contributed by atoms with van der Waals surface area (Å²) in [4.78, 5) is 13.3. The fraction of sp³-hybridized carbons (Fsp3) is 0.900. The minimum absolute atomic E-state index is 0.150. The molecule has 0 aromatic heterocycles. The predicted octanol–water partition coefficient (Wildman–Crippen LogP) is 1.23. The van der Waals surface area contributed by atoms with E-state index < -0.39 is 0 Å². The Kier molecular flexibility index (Phi) is 5.71. The number of nitrogens with two attached hydrogens (primary N) is 1. The Morgan fingerprint density at radius 2 is 2.00 bits per heavy atom. The molecule has 0 spiro atoms. The summed E-state index contributed by atoms with van der Waals surface area (Å²) in [6, 6.07) is 0.150. The van der Waals surface area contributed by atoms with Gasteiger partial charge in [0.15, 0.2) is 0 Å². The number of hydrogen-bond donors (Lipinski definition) is 1. The van der Waals surface area contributed by atoms with Crippen LogP contribution in [0.15, 0.2) is 0 Å². The fourth-order valence-corrected chi connectivity index (χ4v) is 0.990. The van der Waals surface area contributed by atoms with Crippen molar-refractivity contribution in [3.63, 3.8) is 0 Å². The van der Waals surface area contributed by atoms with Crippen molar-refractivity contribution in [2.75, 3.05) is 13.6 Å². The summed E-state index contributed by atoms with van der Waals surface area (Å²) in [6.07, 6.45) is 1.69. The van der Waals surface area contributed by atoms with E-state index in [1.54, 1.807) is 4.90 Å². The van der Waals surface area contributed by atoms with Crippen molar-refractivity contribution in [3.05, 3.63) is 0 Å². The van der Waals surface area contributed by atoms with Gasteiger partial charge < -0.3 is 10.6 Å². The van der Waals surface area contributed by atoms with Crippen LogP contribution in [0.5, 0.6) is 0 Å². The molecule has 2 atom stereocenters. The van der Waals surface area contributed by atoms with E-state index in [-0.39, 0.29) is 11.9 Å². The smallest absolute Gasteiger partial charge is 0.222 e. The van der Waals surface area contributed by atoms with Gasteiger partial charge in [0, 0.05) is 26.1 Å². The van der Waals surface area contributed by atoms with E-state index >= 15 is 0 Å². The molecule has 0 aromatic rings. The van der Waals surface area contributed by atoms with Crippen molar-refractivity contribution >= 4 is 5.91 Å². The molecule has 0 bridgehead atoms. The van der Waals surface area contributed by atoms with Gasteiger partial charge in [-0.1, -0.05) is 20.3 Å². The molecular weight excluding hydrogens is 164 g/mol. The molecule has 0 rings (SSSR count). The lowest BCUT2D eigenvalue weighted by atomic mass is 10.0. The Labute approximate surface area is 81.3 Å². The van der Waals surface area contributed by atoms with Crippen LogP contribution in [-0.4, -0.2) is 30.4 Å². The van der Waals surface area contributed by atoms with Crippen LogP contribution in [0.1, 0.15) is 33.6 Å². The van der Waals surface area contributed by atoms with Crippen molar-refractivity contribution < 1.29 is 4.79 Å². The third kappa shape index (κ3) is 4.27. The molecule has 0 heterocycles. The highest BCUT2D eigenvalue weighted by atomic mass is 16.2. The first-order valence-corrected chi connectivity index (χ1v) is 4.98. The summed E-state index contributed by atoms with van der Waals surface area (Å²) < 4.78 is 0. The van der Waals surface area contributed by atoms with Gasteiger partial charge >= 0.3 is 0 Å². The first-order valence-electron chi connectivity index (χ1n) is 4.98. The Hall–Kier alpha value is -0.570. The molecule has 13 heavy (non-hydrogen) atoms. The highest BCUT2D eigenvalue weighted by Crippen LogP contribution is 2.09. The van der Waals surface area contributed by atoms with Crippen LogP contribution >= 0.6 is 0 Å². The predicted molar refractivity (Wildman–Crippen MR) is 55.4 cm³/mol. The molecule has 0 radical (unpaired) electrons. The van der Waals surface area contributed by atoms with Crippen LogP contribution in [-0.2, 0) is 4.79 Å². The number of likely N-dealkylation sites (N-methyl/N-ethyl adjacent to an activating group) is 1. The topological polar surface area (TPSA) is 46.3 Å². The van der Waals surface area contributed by atoms with Crippen LogP contribution in [0.4, 0.5) is 0 Å². The van der Waals surface area contributed by atoms with Gasteiger partial charge in [0.25, 0.3) is 0 Å². The maximum Gasteiger partial charge on any atom is 0.222 e. The van der Waals surface area contributed by atoms with E-state index in [1.165, 1.54) is 0 Å². The Morgan fingerprint density at radius 1 is 1.46 bits per heavy atom. The van der Waals surface area contributed by atoms with Crippen LogP contribution in [0.2, 0.25) is 0 Å². The molecule has 0 aliphatic rings. The van der Waals surface area contributed by atoms with Crippen LogP contribution < -0.4 is 5.73 Å². The van der Waals surface area contributed by atoms with Crippen LogP contribution in [0.3, 0.4) is 0 Å². The fourth-order valence-electron chi connectivity index (χ4n) is 0.990. The average molecular weight is 186 g/mol. The average Bonchev–Trinajstić information content (AvgIpc) is 2.14. The van der Waals surface area contributed by atoms with Gasteiger partial charge in [-0.15, -0.1) is 0 Å². The largest absolute Gasteiger partial charge is 0.342 e. The summed E-state index contributed by atoms with van der Waals surface area (Å²) in [5.41, 5.74) is 5.48. The third-order valence-electron chi connectivity index (χ3n) is 2.62. The summed E-state index contributed by atoms with van der Waals surface area (Å²) in [7, 11) is 1.82. The Morgan fingerprint density at radius 3 is 2.38 bits per heavy atom. The molecule has 0 aliphatic carbocycles. The van der Waals surface area contributed by atoms with Crippen LogP contribution in [0, 0.1) is 5.92 Å². The molecule has 0 aliphatic heterocycles. The second-order valence-electron chi connectivity index (χ2n) is 3.81. The van der Waals surface area contributed by atoms with Gasteiger partial charge in [0.2, 0.25) is 5.91 Å². The molecule has 0 saturated heterocycles. The minimum atomic E-state index is 0.150. The molecule has 78 valence electrons. The lowest BCUT2D eigenvalue weighted by molar-refractivity contribution is -0.132. The standard InChI is InChI=1S/C10H22N2O/c1-5-8(2)6-10(13)12(4)9(3)7-11/h8-9H,5-7,11H2,1-4H3. The van der Waals surface area contributed by atoms with E-state index in [4.69, 9.17) is 5.73 Å². The summed E-state index contributed by atoms with van der Waals surface area (Å²) in [5.74, 6) is 0.673. The van der Waals surface area contributed by atoms with Crippen molar-refractivity contribution in [2.24, 2.45) is 11.7 Å². The quantitative estimate of drug-likeness (QED) is 0.702. The van der Waals surface area contributed by atoms with Gasteiger partial charge in [-0.2, -0.15) is 0 Å². The highest BCUT2D eigenvalue weighted by Gasteiger charge is 2.15. The van der Waals surface area contributed by atoms with Crippen LogP contribution in [0.25, 0.3) is 0 Å². The normalized spacial score (nSPS) is 15.2. The van der Waals surface area contributed by atoms with E-state index in [9.17, 15) is 4.79 Å². The first-order chi connectivity index (χ1) is 6.02. The maximum atomic E-state index is 11.6. The van der Waals surface area contributed by atoms with Gasteiger partial charge in [0.05, 0.1) is 0 Å². The minimum Gasteiger partial charge on any atom is -0.342 e. The number of hydrogen-bond acceptors (Lipinski definition) is 2. The monoisotopic (exact) mass is 186 g/mol. The molecule has 1 amide bonds. The molecule has 0 saturated carbocycles. The van der Waals surface area contributed by atoms with E-state index in [2.05, 4.69) is 13.8 Å². The van der Waals surface area contributed by atoms with Crippen molar-refractivity contribution in [1.82, 2.24) is 4.90 Å². The zero-order valence-corrected chi connectivity index (χ0v) is 9.21. The Balaban J connectivity index is 3.96. The number of rotatable bonds is 5. The summed E-state index contributed by atoms with van der Waals surface area (Å²) in [5, 5.41) is 0. The number of carbonyl (C=O) groups excluding carboxylic acids is 1. The third-order valence-corrected chi connectivity index (χ3v) is 2.62. The van der Waals surface area contributed by atoms with Crippen molar-refractivity contribution in [2.45, 2.75) is 39.7 Å². The number of nitrogens with zero attached hydrogens (tertiary/aromatic N) is 1. The summed E-state index contributed by atoms with van der Waals surface area (Å²) in [6.45, 7) is 6.69. The zero-order valence-electron chi connectivity index (χ0n) is 9.21. The lowest BCUT2D eigenvalue weighted by Gasteiger charge is -2.24. The molecule has 3 nitrogen and oxygen atoms in total. The highest BCUT2D eigenvalue weighted by molar-refractivity contribution is 5.76. The van der Waals surface area contributed by atoms with E-state index in [0.29, 0.717) is 18.9 Å². The molecule has 0 fully saturated rings. The SMILES string of the molecule is CCC(C)CC(=O)N(C)C(C)CN. The second kappa shape index (κ2) is 5.97. The van der Waals surface area contributed by atoms with Gasteiger partial charge in [0.1, 0.15) is 0 Å². The van der Waals surface area contributed by atoms with Gasteiger partial charge in [-0.3, -0.25) is 4.79 Å². The molecular formula is C10H22N2O. The lowest BCUT2D eigenvalue weighted by Crippen LogP contribution is -2.40. The van der Waals surface area contributed by atoms with Crippen molar-refractivity contribution in [3.8, 4) is 0 Å². The molecule has 3 heteroatoms. The first kappa shape index (κ1) is 12.4. The van der Waals surface area contributed by atoms with Gasteiger partial charge in [-0.05, 0) is 12.8 Å². The maximum absolute atomic E-state index is 11.6. The van der Waals surface area contributed by atoms with E-state index in [1.807, 2.05) is 14.0 Å².